The predicted octanol–water partition coefficient (Wildman–Crippen LogP) is 1.56. The summed E-state index contributed by atoms with van der Waals surface area (Å²) in [5.74, 6) is 0.618. The Bertz CT molecular complexity index is 267. The molecule has 0 atom stereocenters. The Morgan fingerprint density at radius 3 is 1.94 bits per heavy atom. The summed E-state index contributed by atoms with van der Waals surface area (Å²) < 4.78 is 5.47. The van der Waals surface area contributed by atoms with E-state index in [4.69, 9.17) is 16.2 Å². The maximum atomic E-state index is 11.9. The van der Waals surface area contributed by atoms with E-state index < -0.39 is 0 Å². The zero-order chi connectivity index (χ0) is 13.0. The van der Waals surface area contributed by atoms with E-state index in [1.165, 1.54) is 0 Å². The third-order valence-electron chi connectivity index (χ3n) is 4.46. The average Bonchev–Trinajstić information content (AvgIpc) is 2.38. The topological polar surface area (TPSA) is 78.3 Å². The Morgan fingerprint density at radius 2 is 1.39 bits per heavy atom. The second kappa shape index (κ2) is 6.53. The summed E-state index contributed by atoms with van der Waals surface area (Å²) in [4.78, 5) is 11.9. The lowest BCUT2D eigenvalue weighted by Crippen LogP contribution is -2.32. The van der Waals surface area contributed by atoms with Gasteiger partial charge < -0.3 is 16.2 Å². The molecule has 0 radical (unpaired) electrons. The maximum Gasteiger partial charge on any atom is 0.308 e. The van der Waals surface area contributed by atoms with E-state index in [0.29, 0.717) is 18.6 Å². The van der Waals surface area contributed by atoms with E-state index in [2.05, 4.69) is 0 Å². The van der Waals surface area contributed by atoms with Crippen molar-refractivity contribution in [2.45, 2.75) is 63.5 Å². The van der Waals surface area contributed by atoms with Crippen LogP contribution in [0.2, 0.25) is 0 Å². The van der Waals surface area contributed by atoms with Crippen molar-refractivity contribution in [2.75, 3.05) is 6.61 Å². The second-order valence-corrected chi connectivity index (χ2v) is 6.02. The van der Waals surface area contributed by atoms with Crippen LogP contribution in [0.25, 0.3) is 0 Å². The van der Waals surface area contributed by atoms with Gasteiger partial charge in [-0.25, -0.2) is 0 Å². The minimum Gasteiger partial charge on any atom is -0.465 e. The molecule has 0 unspecified atom stereocenters. The highest BCUT2D eigenvalue weighted by molar-refractivity contribution is 5.72. The van der Waals surface area contributed by atoms with E-state index in [9.17, 15) is 4.79 Å². The molecule has 2 saturated carbocycles. The fourth-order valence-corrected chi connectivity index (χ4v) is 3.03. The third-order valence-corrected chi connectivity index (χ3v) is 4.46. The summed E-state index contributed by atoms with van der Waals surface area (Å²) in [7, 11) is 0. The number of rotatable bonds is 3. The molecule has 18 heavy (non-hydrogen) atoms. The lowest BCUT2D eigenvalue weighted by atomic mass is 9.86. The quantitative estimate of drug-likeness (QED) is 0.749. The van der Waals surface area contributed by atoms with Crippen molar-refractivity contribution in [1.29, 1.82) is 0 Å². The first-order valence-electron chi connectivity index (χ1n) is 7.33. The Hall–Kier alpha value is -0.610. The lowest BCUT2D eigenvalue weighted by molar-refractivity contribution is -0.151. The fraction of sp³-hybridized carbons (Fsp3) is 0.929. The molecule has 0 aliphatic heterocycles. The van der Waals surface area contributed by atoms with Crippen LogP contribution in [-0.2, 0) is 9.53 Å². The standard InChI is InChI=1S/C14H26N2O2/c15-12-5-1-10(2-6-12)9-18-14(17)11-3-7-13(16)8-4-11/h10-13H,1-9,15-16H2. The van der Waals surface area contributed by atoms with E-state index in [1.54, 1.807) is 0 Å². The minimum absolute atomic E-state index is 0.00299. The van der Waals surface area contributed by atoms with Gasteiger partial charge in [0, 0.05) is 12.1 Å². The van der Waals surface area contributed by atoms with Gasteiger partial charge in [0.25, 0.3) is 0 Å². The van der Waals surface area contributed by atoms with Crippen LogP contribution in [0.15, 0.2) is 0 Å². The molecule has 2 fully saturated rings. The second-order valence-electron chi connectivity index (χ2n) is 6.02. The predicted molar refractivity (Wildman–Crippen MR) is 70.8 cm³/mol. The first-order valence-corrected chi connectivity index (χ1v) is 7.33. The van der Waals surface area contributed by atoms with Gasteiger partial charge in [-0.05, 0) is 57.3 Å². The zero-order valence-electron chi connectivity index (χ0n) is 11.1. The molecular formula is C14H26N2O2. The summed E-state index contributed by atoms with van der Waals surface area (Å²) in [6, 6.07) is 0.644. The van der Waals surface area contributed by atoms with Gasteiger partial charge in [0.2, 0.25) is 0 Å². The van der Waals surface area contributed by atoms with Crippen LogP contribution in [-0.4, -0.2) is 24.7 Å². The SMILES string of the molecule is NC1CCC(COC(=O)C2CCC(N)CC2)CC1. The molecule has 2 aliphatic carbocycles. The van der Waals surface area contributed by atoms with E-state index in [1.807, 2.05) is 0 Å². The summed E-state index contributed by atoms with van der Waals surface area (Å²) in [6.45, 7) is 0.591. The van der Waals surface area contributed by atoms with E-state index in [0.717, 1.165) is 51.4 Å². The first-order chi connectivity index (χ1) is 8.65. The van der Waals surface area contributed by atoms with Crippen LogP contribution in [0.5, 0.6) is 0 Å². The normalized spacial score (nSPS) is 37.2. The minimum atomic E-state index is -0.00299. The van der Waals surface area contributed by atoms with Crippen molar-refractivity contribution in [3.8, 4) is 0 Å². The van der Waals surface area contributed by atoms with Crippen molar-refractivity contribution in [3.63, 3.8) is 0 Å². The Kier molecular flexibility index (Phi) is 5.01. The van der Waals surface area contributed by atoms with Gasteiger partial charge >= 0.3 is 5.97 Å². The van der Waals surface area contributed by atoms with Crippen LogP contribution < -0.4 is 11.5 Å². The molecule has 4 N–H and O–H groups in total. The van der Waals surface area contributed by atoms with Gasteiger partial charge in [-0.1, -0.05) is 0 Å². The highest BCUT2D eigenvalue weighted by atomic mass is 16.5. The number of nitrogens with two attached hydrogens (primary N) is 2. The highest BCUT2D eigenvalue weighted by Crippen LogP contribution is 2.26. The van der Waals surface area contributed by atoms with Crippen molar-refractivity contribution in [2.24, 2.45) is 23.3 Å². The van der Waals surface area contributed by atoms with E-state index in [-0.39, 0.29) is 17.9 Å². The first kappa shape index (κ1) is 13.8. The summed E-state index contributed by atoms with van der Waals surface area (Å²) in [5, 5.41) is 0. The van der Waals surface area contributed by atoms with Gasteiger partial charge in [-0.3, -0.25) is 4.79 Å². The number of carbonyl (C=O) groups is 1. The van der Waals surface area contributed by atoms with Gasteiger partial charge in [0.15, 0.2) is 0 Å². The van der Waals surface area contributed by atoms with Crippen LogP contribution in [0.3, 0.4) is 0 Å². The van der Waals surface area contributed by atoms with Crippen LogP contribution in [0.1, 0.15) is 51.4 Å². The molecular weight excluding hydrogens is 228 g/mol. The highest BCUT2D eigenvalue weighted by Gasteiger charge is 2.27. The van der Waals surface area contributed by atoms with E-state index >= 15 is 0 Å². The van der Waals surface area contributed by atoms with Crippen molar-refractivity contribution in [1.82, 2.24) is 0 Å². The number of carbonyl (C=O) groups excluding carboxylic acids is 1. The van der Waals surface area contributed by atoms with Gasteiger partial charge in [0.05, 0.1) is 12.5 Å². The molecule has 0 aromatic carbocycles. The van der Waals surface area contributed by atoms with Crippen LogP contribution in [0, 0.1) is 11.8 Å². The lowest BCUT2D eigenvalue weighted by Gasteiger charge is -2.28. The zero-order valence-corrected chi connectivity index (χ0v) is 11.1. The number of ether oxygens (including phenoxy) is 1. The average molecular weight is 254 g/mol. The molecule has 2 aliphatic rings. The molecule has 0 heterocycles. The molecule has 0 aromatic heterocycles. The number of hydrogen-bond donors (Lipinski definition) is 2. The monoisotopic (exact) mass is 254 g/mol. The van der Waals surface area contributed by atoms with Crippen molar-refractivity contribution >= 4 is 5.97 Å². The summed E-state index contributed by atoms with van der Waals surface area (Å²) in [5.41, 5.74) is 11.7. The largest absolute Gasteiger partial charge is 0.465 e. The smallest absolute Gasteiger partial charge is 0.308 e. The third kappa shape index (κ3) is 3.95. The van der Waals surface area contributed by atoms with Gasteiger partial charge in [0.1, 0.15) is 0 Å². The number of hydrogen-bond acceptors (Lipinski definition) is 4. The Morgan fingerprint density at radius 1 is 0.889 bits per heavy atom. The molecule has 0 saturated heterocycles. The van der Waals surface area contributed by atoms with Crippen LogP contribution >= 0.6 is 0 Å². The van der Waals surface area contributed by atoms with Gasteiger partial charge in [-0.2, -0.15) is 0 Å². The summed E-state index contributed by atoms with van der Waals surface area (Å²) >= 11 is 0. The van der Waals surface area contributed by atoms with Crippen molar-refractivity contribution < 1.29 is 9.53 Å². The number of esters is 1. The van der Waals surface area contributed by atoms with Crippen LogP contribution in [0.4, 0.5) is 0 Å². The van der Waals surface area contributed by atoms with Crippen molar-refractivity contribution in [3.05, 3.63) is 0 Å². The molecule has 0 amide bonds. The molecule has 0 aromatic rings. The molecule has 104 valence electrons. The molecule has 0 bridgehead atoms. The molecule has 4 heteroatoms. The molecule has 0 spiro atoms. The molecule has 2 rings (SSSR count). The maximum absolute atomic E-state index is 11.9. The fourth-order valence-electron chi connectivity index (χ4n) is 3.03. The Balaban J connectivity index is 1.65. The molecule has 4 nitrogen and oxygen atoms in total. The van der Waals surface area contributed by atoms with Gasteiger partial charge in [-0.15, -0.1) is 0 Å². The Labute approximate surface area is 109 Å². The summed E-state index contributed by atoms with van der Waals surface area (Å²) in [6.07, 6.45) is 8.05.